The van der Waals surface area contributed by atoms with Gasteiger partial charge in [0.25, 0.3) is 5.91 Å². The molecular formula is C20H16FN3O2. The summed E-state index contributed by atoms with van der Waals surface area (Å²) in [6.45, 7) is 0.387. The largest absolute Gasteiger partial charge is 0.487 e. The van der Waals surface area contributed by atoms with Crippen molar-refractivity contribution in [3.8, 4) is 5.75 Å². The van der Waals surface area contributed by atoms with Crippen LogP contribution in [0.1, 0.15) is 21.6 Å². The second kappa shape index (κ2) is 8.53. The van der Waals surface area contributed by atoms with Crippen molar-refractivity contribution < 1.29 is 13.9 Å². The number of nitrogens with one attached hydrogen (secondary N) is 1. The summed E-state index contributed by atoms with van der Waals surface area (Å²) in [4.78, 5) is 16.0. The van der Waals surface area contributed by atoms with E-state index in [0.29, 0.717) is 12.4 Å². The summed E-state index contributed by atoms with van der Waals surface area (Å²) in [6.07, 6.45) is 3.22. The highest BCUT2D eigenvalue weighted by Gasteiger charge is 2.04. The van der Waals surface area contributed by atoms with Gasteiger partial charge >= 0.3 is 0 Å². The Balaban J connectivity index is 1.52. The fourth-order valence-electron chi connectivity index (χ4n) is 2.15. The molecule has 0 aliphatic heterocycles. The Morgan fingerprint density at radius 3 is 2.69 bits per heavy atom. The van der Waals surface area contributed by atoms with E-state index in [-0.39, 0.29) is 5.56 Å². The van der Waals surface area contributed by atoms with Crippen LogP contribution in [0.25, 0.3) is 0 Å². The summed E-state index contributed by atoms with van der Waals surface area (Å²) in [5.74, 6) is -0.240. The highest BCUT2D eigenvalue weighted by atomic mass is 19.1. The molecule has 6 heteroatoms. The van der Waals surface area contributed by atoms with Crippen molar-refractivity contribution in [1.29, 1.82) is 0 Å². The molecule has 1 amide bonds. The van der Waals surface area contributed by atoms with Gasteiger partial charge in [0.2, 0.25) is 0 Å². The van der Waals surface area contributed by atoms with Crippen molar-refractivity contribution in [2.45, 2.75) is 6.61 Å². The summed E-state index contributed by atoms with van der Waals surface area (Å²) in [6, 6.07) is 18.3. The first kappa shape index (κ1) is 17.3. The van der Waals surface area contributed by atoms with E-state index in [1.165, 1.54) is 24.4 Å². The number of hydrogen-bond donors (Lipinski definition) is 1. The molecule has 0 saturated carbocycles. The molecule has 26 heavy (non-hydrogen) atoms. The van der Waals surface area contributed by atoms with Crippen molar-refractivity contribution >= 4 is 12.1 Å². The number of halogens is 1. The summed E-state index contributed by atoms with van der Waals surface area (Å²) in [5, 5.41) is 3.87. The number of benzene rings is 2. The van der Waals surface area contributed by atoms with Crippen LogP contribution in [0.3, 0.4) is 0 Å². The first-order valence-electron chi connectivity index (χ1n) is 7.92. The van der Waals surface area contributed by atoms with Gasteiger partial charge in [-0.1, -0.05) is 12.1 Å². The number of hydrazone groups is 1. The lowest BCUT2D eigenvalue weighted by atomic mass is 10.2. The van der Waals surface area contributed by atoms with E-state index in [1.54, 1.807) is 18.3 Å². The number of nitrogens with zero attached hydrogens (tertiary/aromatic N) is 2. The van der Waals surface area contributed by atoms with Crippen molar-refractivity contribution in [3.05, 3.63) is 95.6 Å². The van der Waals surface area contributed by atoms with E-state index >= 15 is 0 Å². The average Bonchev–Trinajstić information content (AvgIpc) is 2.68. The first-order valence-corrected chi connectivity index (χ1v) is 7.92. The number of rotatable bonds is 6. The van der Waals surface area contributed by atoms with Crippen LogP contribution >= 0.6 is 0 Å². The number of aromatic nitrogens is 1. The second-order valence-corrected chi connectivity index (χ2v) is 5.39. The number of pyridine rings is 1. The van der Waals surface area contributed by atoms with Gasteiger partial charge in [-0.2, -0.15) is 5.10 Å². The third-order valence-corrected chi connectivity index (χ3v) is 3.46. The molecule has 0 spiro atoms. The Hall–Kier alpha value is -3.54. The monoisotopic (exact) mass is 349 g/mol. The minimum absolute atomic E-state index is 0.209. The zero-order valence-corrected chi connectivity index (χ0v) is 13.8. The van der Waals surface area contributed by atoms with Crippen LogP contribution in [0.15, 0.2) is 78.0 Å². The third-order valence-electron chi connectivity index (χ3n) is 3.46. The molecule has 130 valence electrons. The lowest BCUT2D eigenvalue weighted by molar-refractivity contribution is 0.0954. The van der Waals surface area contributed by atoms with E-state index in [9.17, 15) is 9.18 Å². The molecule has 3 aromatic rings. The Morgan fingerprint density at radius 2 is 1.96 bits per heavy atom. The van der Waals surface area contributed by atoms with Crippen molar-refractivity contribution in [2.75, 3.05) is 0 Å². The quantitative estimate of drug-likeness (QED) is 0.547. The van der Waals surface area contributed by atoms with E-state index in [1.807, 2.05) is 30.3 Å². The maximum Gasteiger partial charge on any atom is 0.271 e. The highest BCUT2D eigenvalue weighted by molar-refractivity contribution is 5.94. The predicted molar refractivity (Wildman–Crippen MR) is 96.5 cm³/mol. The summed E-state index contributed by atoms with van der Waals surface area (Å²) < 4.78 is 18.7. The van der Waals surface area contributed by atoms with Gasteiger partial charge in [-0.25, -0.2) is 9.82 Å². The van der Waals surface area contributed by atoms with Gasteiger partial charge in [-0.05, 0) is 60.2 Å². The Bertz CT molecular complexity index is 896. The molecule has 0 saturated heterocycles. The van der Waals surface area contributed by atoms with Crippen LogP contribution in [-0.4, -0.2) is 17.1 Å². The molecule has 0 unspecified atom stereocenters. The molecule has 3 rings (SSSR count). The normalized spacial score (nSPS) is 10.7. The molecule has 2 aromatic carbocycles. The van der Waals surface area contributed by atoms with Gasteiger partial charge in [0.1, 0.15) is 18.2 Å². The molecule has 0 atom stereocenters. The SMILES string of the molecule is O=C(N/N=C\c1ccc(OCc2ccccn2)cc1)c1cccc(F)c1. The van der Waals surface area contributed by atoms with Crippen LogP contribution in [-0.2, 0) is 6.61 Å². The van der Waals surface area contributed by atoms with Crippen LogP contribution < -0.4 is 10.2 Å². The van der Waals surface area contributed by atoms with E-state index in [2.05, 4.69) is 15.5 Å². The zero-order valence-electron chi connectivity index (χ0n) is 13.8. The Morgan fingerprint density at radius 1 is 1.12 bits per heavy atom. The molecule has 1 N–H and O–H groups in total. The maximum atomic E-state index is 13.1. The molecule has 1 heterocycles. The second-order valence-electron chi connectivity index (χ2n) is 5.39. The fourth-order valence-corrected chi connectivity index (χ4v) is 2.15. The van der Waals surface area contributed by atoms with Crippen molar-refractivity contribution in [2.24, 2.45) is 5.10 Å². The molecule has 0 bridgehead atoms. The minimum atomic E-state index is -0.476. The first-order chi connectivity index (χ1) is 12.7. The highest BCUT2D eigenvalue weighted by Crippen LogP contribution is 2.12. The zero-order chi connectivity index (χ0) is 18.2. The van der Waals surface area contributed by atoms with Gasteiger partial charge in [0.05, 0.1) is 11.9 Å². The van der Waals surface area contributed by atoms with Gasteiger partial charge in [0, 0.05) is 11.8 Å². The molecule has 5 nitrogen and oxygen atoms in total. The van der Waals surface area contributed by atoms with Gasteiger partial charge < -0.3 is 4.74 Å². The van der Waals surface area contributed by atoms with Crippen LogP contribution in [0.4, 0.5) is 4.39 Å². The average molecular weight is 349 g/mol. The fraction of sp³-hybridized carbons (Fsp3) is 0.0500. The molecule has 1 aromatic heterocycles. The number of ether oxygens (including phenoxy) is 1. The number of carbonyl (C=O) groups excluding carboxylic acids is 1. The Kier molecular flexibility index (Phi) is 5.67. The lowest BCUT2D eigenvalue weighted by Crippen LogP contribution is -2.17. The summed E-state index contributed by atoms with van der Waals surface area (Å²) >= 11 is 0. The van der Waals surface area contributed by atoms with Crippen LogP contribution in [0, 0.1) is 5.82 Å². The molecular weight excluding hydrogens is 333 g/mol. The molecule has 0 radical (unpaired) electrons. The van der Waals surface area contributed by atoms with Gasteiger partial charge in [0.15, 0.2) is 0 Å². The minimum Gasteiger partial charge on any atom is -0.487 e. The van der Waals surface area contributed by atoms with E-state index < -0.39 is 11.7 Å². The number of amides is 1. The number of hydrogen-bond acceptors (Lipinski definition) is 4. The smallest absolute Gasteiger partial charge is 0.271 e. The molecule has 0 aliphatic carbocycles. The van der Waals surface area contributed by atoms with Crippen LogP contribution in [0.5, 0.6) is 5.75 Å². The van der Waals surface area contributed by atoms with Gasteiger partial charge in [-0.15, -0.1) is 0 Å². The standard InChI is InChI=1S/C20H16FN3O2/c21-17-5-3-4-16(12-17)20(25)24-23-13-15-7-9-19(10-8-15)26-14-18-6-1-2-11-22-18/h1-13H,14H2,(H,24,25)/b23-13-. The van der Waals surface area contributed by atoms with Crippen molar-refractivity contribution in [1.82, 2.24) is 10.4 Å². The number of carbonyl (C=O) groups is 1. The summed E-state index contributed by atoms with van der Waals surface area (Å²) in [7, 11) is 0. The van der Waals surface area contributed by atoms with Gasteiger partial charge in [-0.3, -0.25) is 9.78 Å². The Labute approximate surface area is 150 Å². The van der Waals surface area contributed by atoms with Crippen molar-refractivity contribution in [3.63, 3.8) is 0 Å². The van der Waals surface area contributed by atoms with E-state index in [4.69, 9.17) is 4.74 Å². The predicted octanol–water partition coefficient (Wildman–Crippen LogP) is 3.56. The topological polar surface area (TPSA) is 63.6 Å². The third kappa shape index (κ3) is 4.98. The van der Waals surface area contributed by atoms with E-state index in [0.717, 1.165) is 17.3 Å². The lowest BCUT2D eigenvalue weighted by Gasteiger charge is -2.05. The maximum absolute atomic E-state index is 13.1. The molecule has 0 fully saturated rings. The summed E-state index contributed by atoms with van der Waals surface area (Å²) in [5.41, 5.74) is 4.20. The van der Waals surface area contributed by atoms with Crippen LogP contribution in [0.2, 0.25) is 0 Å². The molecule has 0 aliphatic rings.